The number of hydrogen-bond donors (Lipinski definition) is 0. The minimum atomic E-state index is 1.25. The van der Waals surface area contributed by atoms with Crippen LogP contribution in [0.2, 0.25) is 0 Å². The molecule has 0 fully saturated rings. The van der Waals surface area contributed by atoms with Crippen LogP contribution in [0.5, 0.6) is 0 Å². The van der Waals surface area contributed by atoms with Gasteiger partial charge in [0, 0.05) is 12.1 Å². The summed E-state index contributed by atoms with van der Waals surface area (Å²) in [6, 6.07) is 10.4. The molecule has 0 N–H and O–H groups in total. The summed E-state index contributed by atoms with van der Waals surface area (Å²) in [6.45, 7) is 0. The van der Waals surface area contributed by atoms with Gasteiger partial charge >= 0.3 is 6.33 Å². The molecule has 0 aromatic carbocycles. The highest BCUT2D eigenvalue weighted by atomic mass is 15.1. The predicted molar refractivity (Wildman–Crippen MR) is 45.4 cm³/mol. The van der Waals surface area contributed by atoms with Gasteiger partial charge in [0.25, 0.3) is 11.4 Å². The van der Waals surface area contributed by atoms with E-state index in [4.69, 9.17) is 0 Å². The zero-order chi connectivity index (χ0) is 8.55. The molecule has 12 heavy (non-hydrogen) atoms. The summed E-state index contributed by atoms with van der Waals surface area (Å²) in [7, 11) is 4.12. The van der Waals surface area contributed by atoms with Crippen LogP contribution in [-0.2, 0) is 14.1 Å². The van der Waals surface area contributed by atoms with Gasteiger partial charge in [-0.05, 0) is 0 Å². The third-order valence-corrected chi connectivity index (χ3v) is 2.10. The number of aromatic nitrogens is 2. The SMILES string of the molecule is C[n+]1c[n+](C)c2cccccc1-2. The first-order valence-electron chi connectivity index (χ1n) is 4.02. The fraction of sp³-hybridized carbons (Fsp3) is 0.200. The first kappa shape index (κ1) is 7.22. The fourth-order valence-electron chi connectivity index (χ4n) is 1.51. The molecule has 0 atom stereocenters. The smallest absolute Gasteiger partial charge is 0.139 e. The minimum Gasteiger partial charge on any atom is -0.139 e. The maximum atomic E-state index is 2.12. The van der Waals surface area contributed by atoms with Crippen molar-refractivity contribution in [3.8, 4) is 11.4 Å². The zero-order valence-electron chi connectivity index (χ0n) is 7.36. The number of rotatable bonds is 0. The Kier molecular flexibility index (Phi) is 1.54. The maximum absolute atomic E-state index is 2.12. The molecule has 0 bridgehead atoms. The summed E-state index contributed by atoms with van der Waals surface area (Å²) in [4.78, 5) is 0. The molecule has 0 spiro atoms. The summed E-state index contributed by atoms with van der Waals surface area (Å²) >= 11 is 0. The first-order chi connectivity index (χ1) is 5.79. The molecule has 1 heterocycles. The number of aryl methyl sites for hydroxylation is 2. The molecule has 0 amide bonds. The minimum absolute atomic E-state index is 1.25. The second-order valence-electron chi connectivity index (χ2n) is 3.02. The van der Waals surface area contributed by atoms with Gasteiger partial charge in [0.1, 0.15) is 14.1 Å². The van der Waals surface area contributed by atoms with E-state index in [-0.39, 0.29) is 0 Å². The summed E-state index contributed by atoms with van der Waals surface area (Å²) in [5.41, 5.74) is 2.50. The van der Waals surface area contributed by atoms with E-state index in [2.05, 4.69) is 53.8 Å². The standard InChI is InChI=1S/C10H12N2/c1-11-8-12(2)10-7-5-3-4-6-9(10)11/h3-8H,1-2H3/q+2. The van der Waals surface area contributed by atoms with Crippen LogP contribution in [0, 0.1) is 0 Å². The van der Waals surface area contributed by atoms with Gasteiger partial charge in [0.2, 0.25) is 0 Å². The highest BCUT2D eigenvalue weighted by Crippen LogP contribution is 2.09. The van der Waals surface area contributed by atoms with Crippen LogP contribution in [0.3, 0.4) is 0 Å². The largest absolute Gasteiger partial charge is 0.407 e. The Morgan fingerprint density at radius 1 is 0.833 bits per heavy atom. The Balaban J connectivity index is 2.79. The van der Waals surface area contributed by atoms with Gasteiger partial charge in [-0.15, -0.1) is 9.13 Å². The second kappa shape index (κ2) is 2.55. The van der Waals surface area contributed by atoms with Gasteiger partial charge in [-0.1, -0.05) is 18.2 Å². The first-order valence-corrected chi connectivity index (χ1v) is 4.02. The van der Waals surface area contributed by atoms with E-state index in [0.29, 0.717) is 0 Å². The van der Waals surface area contributed by atoms with Crippen LogP contribution in [0.4, 0.5) is 0 Å². The lowest BCUT2D eigenvalue weighted by Crippen LogP contribution is -2.32. The van der Waals surface area contributed by atoms with Crippen LogP contribution in [0.15, 0.2) is 36.7 Å². The Morgan fingerprint density at radius 3 is 1.83 bits per heavy atom. The Morgan fingerprint density at radius 2 is 1.33 bits per heavy atom. The lowest BCUT2D eigenvalue weighted by atomic mass is 10.3. The second-order valence-corrected chi connectivity index (χ2v) is 3.02. The van der Waals surface area contributed by atoms with Crippen molar-refractivity contribution < 1.29 is 9.13 Å². The quantitative estimate of drug-likeness (QED) is 0.494. The van der Waals surface area contributed by atoms with Crippen molar-refractivity contribution in [3.63, 3.8) is 0 Å². The van der Waals surface area contributed by atoms with Crippen LogP contribution >= 0.6 is 0 Å². The summed E-state index contributed by atoms with van der Waals surface area (Å²) in [5, 5.41) is 0. The van der Waals surface area contributed by atoms with Gasteiger partial charge in [-0.25, -0.2) is 0 Å². The van der Waals surface area contributed by atoms with E-state index in [1.54, 1.807) is 0 Å². The van der Waals surface area contributed by atoms with Crippen LogP contribution in [0.1, 0.15) is 0 Å². The van der Waals surface area contributed by atoms with Crippen molar-refractivity contribution in [2.45, 2.75) is 0 Å². The normalized spacial score (nSPS) is 10.5. The lowest BCUT2D eigenvalue weighted by molar-refractivity contribution is -0.760. The molecule has 60 valence electrons. The van der Waals surface area contributed by atoms with E-state index >= 15 is 0 Å². The van der Waals surface area contributed by atoms with Crippen LogP contribution in [0.25, 0.3) is 11.4 Å². The van der Waals surface area contributed by atoms with E-state index in [1.165, 1.54) is 11.4 Å². The van der Waals surface area contributed by atoms with Crippen molar-refractivity contribution in [3.05, 3.63) is 36.7 Å². The third kappa shape index (κ3) is 0.961. The molecule has 2 nitrogen and oxygen atoms in total. The predicted octanol–water partition coefficient (Wildman–Crippen LogP) is 0.440. The van der Waals surface area contributed by atoms with E-state index in [0.717, 1.165) is 0 Å². The molecule has 2 rings (SSSR count). The molecule has 0 radical (unpaired) electrons. The molecule has 0 unspecified atom stereocenters. The highest BCUT2D eigenvalue weighted by Gasteiger charge is 2.23. The topological polar surface area (TPSA) is 7.76 Å². The van der Waals surface area contributed by atoms with E-state index in [9.17, 15) is 0 Å². The molecule has 2 aliphatic rings. The maximum Gasteiger partial charge on any atom is 0.407 e. The summed E-state index contributed by atoms with van der Waals surface area (Å²) in [5.74, 6) is 0. The number of nitrogens with zero attached hydrogens (tertiary/aromatic N) is 2. The van der Waals surface area contributed by atoms with E-state index < -0.39 is 0 Å². The monoisotopic (exact) mass is 160 g/mol. The molecule has 1 aliphatic heterocycles. The molecule has 0 saturated heterocycles. The summed E-state index contributed by atoms with van der Waals surface area (Å²) < 4.78 is 4.24. The zero-order valence-corrected chi connectivity index (χ0v) is 7.36. The molecule has 0 aromatic rings. The number of imidazole rings is 1. The molecule has 2 heteroatoms. The Hall–Kier alpha value is -1.44. The lowest BCUT2D eigenvalue weighted by Gasteiger charge is -1.78. The molecular formula is C10H12N2+2. The van der Waals surface area contributed by atoms with E-state index in [1.807, 2.05) is 6.07 Å². The highest BCUT2D eigenvalue weighted by molar-refractivity contribution is 5.46. The number of fused-ring (bicyclic) bond motifs is 1. The van der Waals surface area contributed by atoms with Crippen molar-refractivity contribution >= 4 is 0 Å². The van der Waals surface area contributed by atoms with Gasteiger partial charge < -0.3 is 0 Å². The summed E-state index contributed by atoms with van der Waals surface area (Å²) in [6.07, 6.45) is 2.07. The van der Waals surface area contributed by atoms with Crippen molar-refractivity contribution in [1.29, 1.82) is 0 Å². The van der Waals surface area contributed by atoms with Gasteiger partial charge in [0.15, 0.2) is 0 Å². The third-order valence-electron chi connectivity index (χ3n) is 2.10. The van der Waals surface area contributed by atoms with Gasteiger partial charge in [-0.2, -0.15) is 0 Å². The number of hydrogen-bond acceptors (Lipinski definition) is 0. The Bertz CT molecular complexity index is 348. The Labute approximate surface area is 72.1 Å². The molecular weight excluding hydrogens is 148 g/mol. The van der Waals surface area contributed by atoms with Gasteiger partial charge in [-0.3, -0.25) is 0 Å². The van der Waals surface area contributed by atoms with Crippen molar-refractivity contribution in [2.75, 3.05) is 0 Å². The average molecular weight is 160 g/mol. The molecule has 0 aromatic heterocycles. The molecule has 0 saturated carbocycles. The van der Waals surface area contributed by atoms with Gasteiger partial charge in [0.05, 0.1) is 0 Å². The fourth-order valence-corrected chi connectivity index (χ4v) is 1.51. The van der Waals surface area contributed by atoms with Crippen molar-refractivity contribution in [1.82, 2.24) is 0 Å². The molecule has 1 aliphatic carbocycles. The van der Waals surface area contributed by atoms with Crippen LogP contribution in [-0.4, -0.2) is 0 Å². The van der Waals surface area contributed by atoms with Crippen LogP contribution < -0.4 is 9.13 Å². The van der Waals surface area contributed by atoms with Crippen molar-refractivity contribution in [2.24, 2.45) is 14.1 Å². The average Bonchev–Trinajstić information content (AvgIpc) is 2.29.